The highest BCUT2D eigenvalue weighted by Gasteiger charge is 2.26. The Morgan fingerprint density at radius 3 is 2.52 bits per heavy atom. The van der Waals surface area contributed by atoms with Crippen LogP contribution in [0.1, 0.15) is 12.8 Å². The monoisotopic (exact) mass is 439 g/mol. The van der Waals surface area contributed by atoms with Crippen LogP contribution < -0.4 is 4.80 Å². The van der Waals surface area contributed by atoms with Crippen LogP contribution in [0.25, 0.3) is 10.2 Å². The molecule has 29 heavy (non-hydrogen) atoms. The van der Waals surface area contributed by atoms with Gasteiger partial charge in [0.15, 0.2) is 14.6 Å². The summed E-state index contributed by atoms with van der Waals surface area (Å²) in [6.45, 7) is 0.927. The van der Waals surface area contributed by atoms with Crippen molar-refractivity contribution in [1.82, 2.24) is 9.47 Å². The Bertz CT molecular complexity index is 1110. The van der Waals surface area contributed by atoms with Crippen LogP contribution in [0.15, 0.2) is 29.3 Å². The molecule has 0 bridgehead atoms. The summed E-state index contributed by atoms with van der Waals surface area (Å²) >= 11 is 1.16. The maximum atomic E-state index is 12.3. The third kappa shape index (κ3) is 5.30. The van der Waals surface area contributed by atoms with E-state index in [4.69, 9.17) is 0 Å². The number of methoxy groups -OCH3 is 1. The molecule has 0 N–H and O–H groups in total. The Morgan fingerprint density at radius 1 is 1.14 bits per heavy atom. The Morgan fingerprint density at radius 2 is 1.83 bits per heavy atom. The van der Waals surface area contributed by atoms with Crippen LogP contribution in [0.5, 0.6) is 0 Å². The SMILES string of the molecule is COC(=O)Cn1c(=NC(=O)CS(=O)(=O)CC(=O)N2CCCC2)sc2ccccc21. The molecule has 2 amide bonds. The van der Waals surface area contributed by atoms with Crippen molar-refractivity contribution in [3.8, 4) is 0 Å². The fourth-order valence-corrected chi connectivity index (χ4v) is 5.22. The van der Waals surface area contributed by atoms with Crippen LogP contribution in [0.4, 0.5) is 0 Å². The van der Waals surface area contributed by atoms with Gasteiger partial charge in [-0.1, -0.05) is 23.5 Å². The van der Waals surface area contributed by atoms with E-state index in [1.165, 1.54) is 16.6 Å². The molecule has 1 aliphatic rings. The minimum atomic E-state index is -3.94. The van der Waals surface area contributed by atoms with Crippen molar-refractivity contribution < 1.29 is 27.5 Å². The molecule has 0 atom stereocenters. The van der Waals surface area contributed by atoms with Crippen LogP contribution in [0.2, 0.25) is 0 Å². The number of sulfone groups is 1. The highest BCUT2D eigenvalue weighted by atomic mass is 32.2. The lowest BCUT2D eigenvalue weighted by molar-refractivity contribution is -0.141. The summed E-state index contributed by atoms with van der Waals surface area (Å²) < 4.78 is 31.5. The van der Waals surface area contributed by atoms with E-state index in [-0.39, 0.29) is 11.3 Å². The highest BCUT2D eigenvalue weighted by molar-refractivity contribution is 7.92. The summed E-state index contributed by atoms with van der Waals surface area (Å²) in [6, 6.07) is 7.16. The number of amides is 2. The second-order valence-electron chi connectivity index (χ2n) is 6.64. The van der Waals surface area contributed by atoms with Crippen molar-refractivity contribution in [1.29, 1.82) is 0 Å². The third-order valence-corrected chi connectivity index (χ3v) is 6.90. The number of ether oxygens (including phenoxy) is 1. The van der Waals surface area contributed by atoms with E-state index >= 15 is 0 Å². The first-order valence-electron chi connectivity index (χ1n) is 9.00. The number of esters is 1. The van der Waals surface area contributed by atoms with Crippen molar-refractivity contribution in [2.45, 2.75) is 19.4 Å². The van der Waals surface area contributed by atoms with E-state index in [1.807, 2.05) is 6.07 Å². The summed E-state index contributed by atoms with van der Waals surface area (Å²) in [4.78, 5) is 41.7. The number of aromatic nitrogens is 1. The summed E-state index contributed by atoms with van der Waals surface area (Å²) in [5.41, 5.74) is 0.682. The smallest absolute Gasteiger partial charge is 0.325 e. The average molecular weight is 440 g/mol. The lowest BCUT2D eigenvalue weighted by Gasteiger charge is -2.14. The first-order valence-corrected chi connectivity index (χ1v) is 11.6. The molecule has 1 aliphatic heterocycles. The summed E-state index contributed by atoms with van der Waals surface area (Å²) in [5.74, 6) is -3.46. The van der Waals surface area contributed by atoms with E-state index < -0.39 is 39.1 Å². The molecule has 0 aliphatic carbocycles. The van der Waals surface area contributed by atoms with Crippen molar-refractivity contribution in [3.63, 3.8) is 0 Å². The zero-order valence-corrected chi connectivity index (χ0v) is 17.5. The number of carbonyl (C=O) groups is 3. The number of para-hydroxylation sites is 1. The van der Waals surface area contributed by atoms with Crippen molar-refractivity contribution >= 4 is 49.2 Å². The zero-order chi connectivity index (χ0) is 21.0. The minimum Gasteiger partial charge on any atom is -0.468 e. The van der Waals surface area contributed by atoms with Crippen molar-refractivity contribution in [2.24, 2.45) is 4.99 Å². The quantitative estimate of drug-likeness (QED) is 0.600. The lowest BCUT2D eigenvalue weighted by Crippen LogP contribution is -2.35. The van der Waals surface area contributed by atoms with Gasteiger partial charge in [-0.25, -0.2) is 8.42 Å². The molecule has 0 saturated carbocycles. The molecule has 1 saturated heterocycles. The standard InChI is InChI=1S/C18H21N3O6S2/c1-27-17(24)10-21-13-6-2-3-7-14(13)28-18(21)19-15(22)11-29(25,26)12-16(23)20-8-4-5-9-20/h2-3,6-7H,4-5,8-12H2,1H3. The maximum Gasteiger partial charge on any atom is 0.325 e. The minimum absolute atomic E-state index is 0.160. The molecule has 1 fully saturated rings. The number of nitrogens with zero attached hydrogens (tertiary/aromatic N) is 3. The van der Waals surface area contributed by atoms with Gasteiger partial charge in [-0.2, -0.15) is 4.99 Å². The number of thiazole rings is 1. The van der Waals surface area contributed by atoms with Gasteiger partial charge in [0.2, 0.25) is 5.91 Å². The summed E-state index contributed by atoms with van der Waals surface area (Å²) in [5, 5.41) is 0. The Hall–Kier alpha value is -2.53. The molecule has 0 radical (unpaired) electrons. The van der Waals surface area contributed by atoms with Crippen LogP contribution in [0, 0.1) is 0 Å². The summed E-state index contributed by atoms with van der Waals surface area (Å²) in [6.07, 6.45) is 1.71. The molecule has 3 rings (SSSR count). The maximum absolute atomic E-state index is 12.3. The second-order valence-corrected chi connectivity index (χ2v) is 9.71. The average Bonchev–Trinajstić information content (AvgIpc) is 3.30. The number of hydrogen-bond acceptors (Lipinski definition) is 7. The fraction of sp³-hybridized carbons (Fsp3) is 0.444. The molecule has 1 aromatic carbocycles. The van der Waals surface area contributed by atoms with Gasteiger partial charge in [-0.15, -0.1) is 0 Å². The molecular weight excluding hydrogens is 418 g/mol. The molecule has 1 aromatic heterocycles. The van der Waals surface area contributed by atoms with Crippen LogP contribution >= 0.6 is 11.3 Å². The largest absolute Gasteiger partial charge is 0.468 e. The van der Waals surface area contributed by atoms with Gasteiger partial charge < -0.3 is 14.2 Å². The second kappa shape index (κ2) is 8.87. The van der Waals surface area contributed by atoms with Crippen LogP contribution in [-0.4, -0.2) is 67.4 Å². The third-order valence-electron chi connectivity index (χ3n) is 4.47. The van der Waals surface area contributed by atoms with Gasteiger partial charge >= 0.3 is 5.97 Å². The van der Waals surface area contributed by atoms with Crippen molar-refractivity contribution in [2.75, 3.05) is 31.7 Å². The fourth-order valence-electron chi connectivity index (χ4n) is 3.08. The number of likely N-dealkylation sites (tertiary alicyclic amines) is 1. The van der Waals surface area contributed by atoms with Gasteiger partial charge in [0, 0.05) is 13.1 Å². The molecule has 2 heterocycles. The van der Waals surface area contributed by atoms with E-state index in [2.05, 4.69) is 9.73 Å². The Labute approximate surface area is 171 Å². The van der Waals surface area contributed by atoms with Gasteiger partial charge in [0.25, 0.3) is 5.91 Å². The van der Waals surface area contributed by atoms with E-state index in [1.54, 1.807) is 18.2 Å². The number of carbonyl (C=O) groups excluding carboxylic acids is 3. The molecule has 0 spiro atoms. The van der Waals surface area contributed by atoms with E-state index in [0.717, 1.165) is 28.9 Å². The van der Waals surface area contributed by atoms with Crippen LogP contribution in [0.3, 0.4) is 0 Å². The van der Waals surface area contributed by atoms with E-state index in [0.29, 0.717) is 18.6 Å². The lowest BCUT2D eigenvalue weighted by atomic mass is 10.3. The Kier molecular flexibility index (Phi) is 6.48. The summed E-state index contributed by atoms with van der Waals surface area (Å²) in [7, 11) is -2.69. The van der Waals surface area contributed by atoms with Gasteiger partial charge in [0.05, 0.1) is 17.3 Å². The highest BCUT2D eigenvalue weighted by Crippen LogP contribution is 2.16. The van der Waals surface area contributed by atoms with Crippen LogP contribution in [-0.2, 0) is 35.5 Å². The zero-order valence-electron chi connectivity index (χ0n) is 15.9. The molecule has 9 nitrogen and oxygen atoms in total. The van der Waals surface area contributed by atoms with Gasteiger partial charge in [0.1, 0.15) is 18.1 Å². The normalized spacial score (nSPS) is 15.1. The predicted molar refractivity (Wildman–Crippen MR) is 107 cm³/mol. The molecular formula is C18H21N3O6S2. The topological polar surface area (TPSA) is 115 Å². The molecule has 11 heteroatoms. The first-order chi connectivity index (χ1) is 13.8. The van der Waals surface area contributed by atoms with Gasteiger partial charge in [-0.05, 0) is 25.0 Å². The van der Waals surface area contributed by atoms with E-state index in [9.17, 15) is 22.8 Å². The first kappa shape index (κ1) is 21.2. The van der Waals surface area contributed by atoms with Crippen molar-refractivity contribution in [3.05, 3.63) is 29.1 Å². The molecule has 0 unspecified atom stereocenters. The predicted octanol–water partition coefficient (Wildman–Crippen LogP) is 0.340. The Balaban J connectivity index is 1.82. The molecule has 156 valence electrons. The molecule has 2 aromatic rings. The number of rotatable bonds is 6. The van der Waals surface area contributed by atoms with Gasteiger partial charge in [-0.3, -0.25) is 14.4 Å². The number of fused-ring (bicyclic) bond motifs is 1. The number of hydrogen-bond donors (Lipinski definition) is 0. The number of benzene rings is 1.